The molecule has 3 nitrogen and oxygen atoms in total. The third-order valence-electron chi connectivity index (χ3n) is 2.09. The van der Waals surface area contributed by atoms with Gasteiger partial charge in [0.25, 0.3) is 0 Å². The van der Waals surface area contributed by atoms with Crippen LogP contribution in [0.1, 0.15) is 13.8 Å². The lowest BCUT2D eigenvalue weighted by atomic mass is 9.94. The predicted octanol–water partition coefficient (Wildman–Crippen LogP) is 2.59. The van der Waals surface area contributed by atoms with Crippen molar-refractivity contribution in [2.75, 3.05) is 5.32 Å². The Balaban J connectivity index is 2.99. The van der Waals surface area contributed by atoms with Crippen molar-refractivity contribution in [2.45, 2.75) is 13.8 Å². The molecular formula is C11H9F3N2O. The van der Waals surface area contributed by atoms with E-state index in [1.54, 1.807) is 6.07 Å². The molecule has 1 aromatic carbocycles. The number of amides is 1. The van der Waals surface area contributed by atoms with Crippen LogP contribution in [0.25, 0.3) is 0 Å². The van der Waals surface area contributed by atoms with Crippen molar-refractivity contribution in [1.29, 1.82) is 5.26 Å². The topological polar surface area (TPSA) is 52.9 Å². The van der Waals surface area contributed by atoms with Crippen molar-refractivity contribution in [2.24, 2.45) is 5.41 Å². The molecule has 0 aliphatic carbocycles. The third-order valence-corrected chi connectivity index (χ3v) is 2.09. The SMILES string of the molecule is CC(C)(C#N)C(=O)Nc1cc(F)c(F)c(F)c1. The second-order valence-corrected chi connectivity index (χ2v) is 3.94. The van der Waals surface area contributed by atoms with Crippen molar-refractivity contribution in [3.05, 3.63) is 29.6 Å². The molecule has 0 saturated carbocycles. The summed E-state index contributed by atoms with van der Waals surface area (Å²) in [5, 5.41) is 10.8. The molecule has 17 heavy (non-hydrogen) atoms. The average molecular weight is 242 g/mol. The Kier molecular flexibility index (Phi) is 3.42. The smallest absolute Gasteiger partial charge is 0.244 e. The second-order valence-electron chi connectivity index (χ2n) is 3.94. The first-order valence-electron chi connectivity index (χ1n) is 4.65. The van der Waals surface area contributed by atoms with Gasteiger partial charge in [0.05, 0.1) is 6.07 Å². The van der Waals surface area contributed by atoms with Crippen LogP contribution in [-0.4, -0.2) is 5.91 Å². The van der Waals surface area contributed by atoms with Gasteiger partial charge in [0.2, 0.25) is 5.91 Å². The minimum Gasteiger partial charge on any atom is -0.325 e. The Bertz CT molecular complexity index is 483. The number of carbonyl (C=O) groups excluding carboxylic acids is 1. The quantitative estimate of drug-likeness (QED) is 0.810. The summed E-state index contributed by atoms with van der Waals surface area (Å²) in [5.74, 6) is -5.15. The van der Waals surface area contributed by atoms with Crippen molar-refractivity contribution in [3.63, 3.8) is 0 Å². The molecule has 1 amide bonds. The summed E-state index contributed by atoms with van der Waals surface area (Å²) in [7, 11) is 0. The molecular weight excluding hydrogens is 233 g/mol. The molecule has 0 aliphatic heterocycles. The van der Waals surface area contributed by atoms with Crippen LogP contribution in [-0.2, 0) is 4.79 Å². The van der Waals surface area contributed by atoms with Crippen LogP contribution in [0.5, 0.6) is 0 Å². The van der Waals surface area contributed by atoms with Crippen LogP contribution < -0.4 is 5.32 Å². The fourth-order valence-electron chi connectivity index (χ4n) is 0.966. The summed E-state index contributed by atoms with van der Waals surface area (Å²) in [6, 6.07) is 3.01. The van der Waals surface area contributed by atoms with Gasteiger partial charge in [-0.3, -0.25) is 4.79 Å². The van der Waals surface area contributed by atoms with Gasteiger partial charge in [0.1, 0.15) is 5.41 Å². The lowest BCUT2D eigenvalue weighted by Crippen LogP contribution is -2.29. The summed E-state index contributed by atoms with van der Waals surface area (Å²) in [4.78, 5) is 11.5. The van der Waals surface area contributed by atoms with E-state index in [4.69, 9.17) is 5.26 Å². The van der Waals surface area contributed by atoms with Gasteiger partial charge in [-0.15, -0.1) is 0 Å². The van der Waals surface area contributed by atoms with E-state index in [-0.39, 0.29) is 5.69 Å². The number of benzene rings is 1. The van der Waals surface area contributed by atoms with Crippen LogP contribution in [0.15, 0.2) is 12.1 Å². The van der Waals surface area contributed by atoms with Gasteiger partial charge < -0.3 is 5.32 Å². The van der Waals surface area contributed by atoms with E-state index in [1.165, 1.54) is 13.8 Å². The third kappa shape index (κ3) is 2.75. The molecule has 0 aromatic heterocycles. The van der Waals surface area contributed by atoms with E-state index in [0.717, 1.165) is 0 Å². The number of rotatable bonds is 2. The van der Waals surface area contributed by atoms with E-state index in [1.807, 2.05) is 0 Å². The molecule has 0 atom stereocenters. The number of nitriles is 1. The van der Waals surface area contributed by atoms with E-state index in [9.17, 15) is 18.0 Å². The fraction of sp³-hybridized carbons (Fsp3) is 0.273. The first-order chi connectivity index (χ1) is 7.77. The van der Waals surface area contributed by atoms with Gasteiger partial charge in [0, 0.05) is 17.8 Å². The first-order valence-corrected chi connectivity index (χ1v) is 4.65. The number of nitrogens with zero attached hydrogens (tertiary/aromatic N) is 1. The second kappa shape index (κ2) is 4.45. The molecule has 0 unspecified atom stereocenters. The maximum atomic E-state index is 12.8. The lowest BCUT2D eigenvalue weighted by Gasteiger charge is -2.15. The van der Waals surface area contributed by atoms with E-state index in [0.29, 0.717) is 12.1 Å². The summed E-state index contributed by atoms with van der Waals surface area (Å²) in [6.45, 7) is 2.69. The Morgan fingerprint density at radius 2 is 1.76 bits per heavy atom. The number of halogens is 3. The number of carbonyl (C=O) groups is 1. The molecule has 1 rings (SSSR count). The van der Waals surface area contributed by atoms with E-state index in [2.05, 4.69) is 5.32 Å². The van der Waals surface area contributed by atoms with Gasteiger partial charge in [-0.25, -0.2) is 13.2 Å². The normalized spacial score (nSPS) is 10.8. The maximum Gasteiger partial charge on any atom is 0.244 e. The van der Waals surface area contributed by atoms with Crippen LogP contribution in [0.3, 0.4) is 0 Å². The largest absolute Gasteiger partial charge is 0.325 e. The van der Waals surface area contributed by atoms with Gasteiger partial charge in [-0.1, -0.05) is 0 Å². The molecule has 0 saturated heterocycles. The molecule has 1 aromatic rings. The molecule has 0 heterocycles. The molecule has 0 spiro atoms. The molecule has 6 heteroatoms. The van der Waals surface area contributed by atoms with Gasteiger partial charge in [0.15, 0.2) is 17.5 Å². The van der Waals surface area contributed by atoms with E-state index < -0.39 is 28.8 Å². The minimum absolute atomic E-state index is 0.241. The van der Waals surface area contributed by atoms with Crippen molar-refractivity contribution in [1.82, 2.24) is 0 Å². The Hall–Kier alpha value is -2.03. The highest BCUT2D eigenvalue weighted by Gasteiger charge is 2.27. The summed E-state index contributed by atoms with van der Waals surface area (Å²) in [6.07, 6.45) is 0. The molecule has 0 radical (unpaired) electrons. The maximum absolute atomic E-state index is 12.8. The summed E-state index contributed by atoms with van der Waals surface area (Å²) >= 11 is 0. The number of hydrogen-bond acceptors (Lipinski definition) is 2. The number of anilines is 1. The van der Waals surface area contributed by atoms with Crippen LogP contribution in [0.4, 0.5) is 18.9 Å². The minimum atomic E-state index is -1.61. The predicted molar refractivity (Wildman–Crippen MR) is 54.3 cm³/mol. The Morgan fingerprint density at radius 3 is 2.18 bits per heavy atom. The molecule has 1 N–H and O–H groups in total. The zero-order valence-electron chi connectivity index (χ0n) is 9.14. The monoisotopic (exact) mass is 242 g/mol. The molecule has 0 fully saturated rings. The fourth-order valence-corrected chi connectivity index (χ4v) is 0.966. The number of nitrogens with one attached hydrogen (secondary N) is 1. The number of hydrogen-bond donors (Lipinski definition) is 1. The first kappa shape index (κ1) is 13.0. The molecule has 0 aliphatic rings. The zero-order valence-corrected chi connectivity index (χ0v) is 9.14. The Labute approximate surface area is 95.9 Å². The van der Waals surface area contributed by atoms with Gasteiger partial charge in [-0.05, 0) is 13.8 Å². The van der Waals surface area contributed by atoms with Gasteiger partial charge >= 0.3 is 0 Å². The highest BCUT2D eigenvalue weighted by atomic mass is 19.2. The van der Waals surface area contributed by atoms with Crippen LogP contribution >= 0.6 is 0 Å². The van der Waals surface area contributed by atoms with Crippen LogP contribution in [0.2, 0.25) is 0 Å². The molecule has 0 bridgehead atoms. The highest BCUT2D eigenvalue weighted by Crippen LogP contribution is 2.20. The van der Waals surface area contributed by atoms with E-state index >= 15 is 0 Å². The summed E-state index contributed by atoms with van der Waals surface area (Å²) < 4.78 is 38.3. The standard InChI is InChI=1S/C11H9F3N2O/c1-11(2,5-15)10(17)16-6-3-7(12)9(14)8(13)4-6/h3-4H,1-2H3,(H,16,17). The van der Waals surface area contributed by atoms with Crippen molar-refractivity contribution < 1.29 is 18.0 Å². The zero-order chi connectivity index (χ0) is 13.2. The molecule has 90 valence electrons. The van der Waals surface area contributed by atoms with Crippen molar-refractivity contribution in [3.8, 4) is 6.07 Å². The lowest BCUT2D eigenvalue weighted by molar-refractivity contribution is -0.121. The van der Waals surface area contributed by atoms with Crippen LogP contribution in [0, 0.1) is 34.2 Å². The average Bonchev–Trinajstić information content (AvgIpc) is 2.25. The Morgan fingerprint density at radius 1 is 1.29 bits per heavy atom. The summed E-state index contributed by atoms with van der Waals surface area (Å²) in [5.41, 5.74) is -1.59. The van der Waals surface area contributed by atoms with Gasteiger partial charge in [-0.2, -0.15) is 5.26 Å². The highest BCUT2D eigenvalue weighted by molar-refractivity contribution is 5.96. The van der Waals surface area contributed by atoms with Crippen molar-refractivity contribution >= 4 is 11.6 Å².